The van der Waals surface area contributed by atoms with Crippen LogP contribution in [0.5, 0.6) is 0 Å². The number of nitrogens with one attached hydrogen (secondary N) is 1. The van der Waals surface area contributed by atoms with Crippen LogP contribution in [0.2, 0.25) is 5.15 Å². The van der Waals surface area contributed by atoms with Gasteiger partial charge in [-0.3, -0.25) is 0 Å². The number of anilines is 1. The minimum absolute atomic E-state index is 0.154. The van der Waals surface area contributed by atoms with Crippen LogP contribution in [-0.2, 0) is 28.9 Å². The summed E-state index contributed by atoms with van der Waals surface area (Å²) >= 11 is 6.24. The second-order valence-electron chi connectivity index (χ2n) is 6.22. The van der Waals surface area contributed by atoms with Gasteiger partial charge in [-0.2, -0.15) is 0 Å². The van der Waals surface area contributed by atoms with E-state index >= 15 is 0 Å². The molecule has 0 fully saturated rings. The standard InChI is InChI=1S/C18H20ClN3O3S2/c1-10-15(6-12(20)9-27(24)11(2)23)26-18-14(7-16(19)22-17(10)18)21-8-13-4-3-5-25-13/h3-5,7,12H,6,8-9,20H2,1-2H3,(H,21,22). The Hall–Kier alpha value is -1.58. The molecule has 3 N–H and O–H groups in total. The first-order valence-corrected chi connectivity index (χ1v) is 10.9. The molecule has 9 heteroatoms. The highest BCUT2D eigenvalue weighted by Gasteiger charge is 2.21. The van der Waals surface area contributed by atoms with Crippen LogP contribution in [0.4, 0.5) is 5.69 Å². The molecular weight excluding hydrogens is 406 g/mol. The number of aryl methyl sites for hydroxylation is 1. The van der Waals surface area contributed by atoms with Crippen LogP contribution in [0.25, 0.3) is 10.2 Å². The minimum Gasteiger partial charge on any atom is -0.609 e. The Balaban J connectivity index is 1.84. The molecule has 2 atom stereocenters. The van der Waals surface area contributed by atoms with E-state index in [1.165, 1.54) is 6.92 Å². The van der Waals surface area contributed by atoms with E-state index in [4.69, 9.17) is 21.8 Å². The molecule has 2 unspecified atom stereocenters. The van der Waals surface area contributed by atoms with Crippen molar-refractivity contribution < 1.29 is 13.8 Å². The van der Waals surface area contributed by atoms with Crippen molar-refractivity contribution in [3.05, 3.63) is 45.8 Å². The van der Waals surface area contributed by atoms with Crippen molar-refractivity contribution in [3.63, 3.8) is 0 Å². The van der Waals surface area contributed by atoms with Gasteiger partial charge in [0.15, 0.2) is 0 Å². The molecule has 0 aliphatic carbocycles. The molecular formula is C18H20ClN3O3S2. The average molecular weight is 426 g/mol. The number of aromatic nitrogens is 1. The van der Waals surface area contributed by atoms with Crippen molar-refractivity contribution in [3.8, 4) is 0 Å². The summed E-state index contributed by atoms with van der Waals surface area (Å²) in [6.07, 6.45) is 2.16. The van der Waals surface area contributed by atoms with Crippen LogP contribution in [0, 0.1) is 6.92 Å². The van der Waals surface area contributed by atoms with Crippen molar-refractivity contribution in [2.45, 2.75) is 32.9 Å². The van der Waals surface area contributed by atoms with E-state index in [9.17, 15) is 9.35 Å². The van der Waals surface area contributed by atoms with E-state index in [-0.39, 0.29) is 16.9 Å². The lowest BCUT2D eigenvalue weighted by molar-refractivity contribution is -0.109. The van der Waals surface area contributed by atoms with Gasteiger partial charge >= 0.3 is 5.12 Å². The van der Waals surface area contributed by atoms with Gasteiger partial charge in [0.25, 0.3) is 0 Å². The number of hydrogen-bond acceptors (Lipinski definition) is 7. The number of nitrogens with two attached hydrogens (primary N) is 1. The molecule has 0 saturated carbocycles. The third-order valence-corrected chi connectivity index (χ3v) is 7.01. The predicted molar refractivity (Wildman–Crippen MR) is 111 cm³/mol. The molecule has 3 rings (SSSR count). The quantitative estimate of drug-likeness (QED) is 0.442. The Morgan fingerprint density at radius 1 is 1.56 bits per heavy atom. The van der Waals surface area contributed by atoms with E-state index in [0.717, 1.165) is 32.1 Å². The summed E-state index contributed by atoms with van der Waals surface area (Å²) in [6, 6.07) is 5.16. The number of carbonyl (C=O) groups excluding carboxylic acids is 1. The van der Waals surface area contributed by atoms with Gasteiger partial charge in [0.1, 0.15) is 16.7 Å². The zero-order valence-electron chi connectivity index (χ0n) is 15.0. The highest BCUT2D eigenvalue weighted by Crippen LogP contribution is 2.37. The van der Waals surface area contributed by atoms with E-state index < -0.39 is 11.2 Å². The molecule has 0 aliphatic heterocycles. The maximum Gasteiger partial charge on any atom is 0.325 e. The first-order chi connectivity index (χ1) is 12.8. The van der Waals surface area contributed by atoms with Crippen LogP contribution in [-0.4, -0.2) is 26.4 Å². The number of furan rings is 1. The summed E-state index contributed by atoms with van der Waals surface area (Å²) in [6.45, 7) is 3.82. The molecule has 0 bridgehead atoms. The van der Waals surface area contributed by atoms with Gasteiger partial charge in [0.05, 0.1) is 34.8 Å². The fraction of sp³-hybridized carbons (Fsp3) is 0.333. The molecule has 0 amide bonds. The number of rotatable bonds is 7. The second kappa shape index (κ2) is 8.62. The minimum atomic E-state index is -1.55. The third-order valence-electron chi connectivity index (χ3n) is 4.11. The lowest BCUT2D eigenvalue weighted by Gasteiger charge is -2.12. The van der Waals surface area contributed by atoms with Crippen molar-refractivity contribution in [1.29, 1.82) is 0 Å². The highest BCUT2D eigenvalue weighted by molar-refractivity contribution is 8.06. The maximum atomic E-state index is 11.7. The van der Waals surface area contributed by atoms with Gasteiger partial charge < -0.3 is 20.0 Å². The van der Waals surface area contributed by atoms with Gasteiger partial charge in [-0.05, 0) is 24.6 Å². The largest absolute Gasteiger partial charge is 0.609 e. The molecule has 0 radical (unpaired) electrons. The van der Waals surface area contributed by atoms with Gasteiger partial charge in [0, 0.05) is 35.5 Å². The number of carbonyl (C=O) groups is 1. The number of pyridine rings is 1. The first kappa shape index (κ1) is 20.2. The van der Waals surface area contributed by atoms with Crippen LogP contribution < -0.4 is 11.1 Å². The van der Waals surface area contributed by atoms with Crippen molar-refractivity contribution >= 4 is 55.1 Å². The highest BCUT2D eigenvalue weighted by atomic mass is 35.5. The Morgan fingerprint density at radius 3 is 3.00 bits per heavy atom. The number of nitrogens with zero attached hydrogens (tertiary/aromatic N) is 1. The molecule has 0 saturated heterocycles. The Morgan fingerprint density at radius 2 is 2.33 bits per heavy atom. The monoisotopic (exact) mass is 425 g/mol. The maximum absolute atomic E-state index is 11.7. The molecule has 27 heavy (non-hydrogen) atoms. The van der Waals surface area contributed by atoms with Crippen LogP contribution >= 0.6 is 22.9 Å². The normalized spacial score (nSPS) is 13.7. The van der Waals surface area contributed by atoms with E-state index in [2.05, 4.69) is 10.3 Å². The summed E-state index contributed by atoms with van der Waals surface area (Å²) in [5, 5.41) is 3.39. The van der Waals surface area contributed by atoms with Crippen LogP contribution in [0.15, 0.2) is 28.9 Å². The molecule has 3 aromatic heterocycles. The van der Waals surface area contributed by atoms with Gasteiger partial charge in [0.2, 0.25) is 0 Å². The van der Waals surface area contributed by atoms with Crippen molar-refractivity contribution in [2.24, 2.45) is 5.73 Å². The van der Waals surface area contributed by atoms with Crippen molar-refractivity contribution in [2.75, 3.05) is 11.1 Å². The number of hydrogen-bond donors (Lipinski definition) is 2. The zero-order chi connectivity index (χ0) is 19.6. The lowest BCUT2D eigenvalue weighted by atomic mass is 10.1. The summed E-state index contributed by atoms with van der Waals surface area (Å²) in [5.74, 6) is 0.971. The zero-order valence-corrected chi connectivity index (χ0v) is 17.3. The smallest absolute Gasteiger partial charge is 0.325 e. The van der Waals surface area contributed by atoms with E-state index in [1.54, 1.807) is 23.7 Å². The van der Waals surface area contributed by atoms with Crippen molar-refractivity contribution in [1.82, 2.24) is 4.98 Å². The SMILES string of the molecule is CC(=O)[S+]([O-])CC(N)Cc1sc2c(NCc3ccco3)cc(Cl)nc2c1C. The second-order valence-corrected chi connectivity index (χ2v) is 9.31. The predicted octanol–water partition coefficient (Wildman–Crippen LogP) is 3.63. The molecule has 0 spiro atoms. The van der Waals surface area contributed by atoms with E-state index in [1.807, 2.05) is 19.1 Å². The summed E-state index contributed by atoms with van der Waals surface area (Å²) in [5.41, 5.74) is 8.82. The third kappa shape index (κ3) is 4.83. The Labute approximate surface area is 169 Å². The average Bonchev–Trinajstić information content (AvgIpc) is 3.22. The van der Waals surface area contributed by atoms with Gasteiger partial charge in [-0.1, -0.05) is 11.6 Å². The lowest BCUT2D eigenvalue weighted by Crippen LogP contribution is -2.33. The number of fused-ring (bicyclic) bond motifs is 1. The molecule has 6 nitrogen and oxygen atoms in total. The first-order valence-electron chi connectivity index (χ1n) is 8.34. The fourth-order valence-electron chi connectivity index (χ4n) is 2.72. The summed E-state index contributed by atoms with van der Waals surface area (Å²) in [4.78, 5) is 16.7. The summed E-state index contributed by atoms with van der Waals surface area (Å²) in [7, 11) is 0. The molecule has 0 aromatic carbocycles. The Kier molecular flexibility index (Phi) is 6.44. The molecule has 0 aliphatic rings. The summed E-state index contributed by atoms with van der Waals surface area (Å²) < 4.78 is 18.1. The fourth-order valence-corrected chi connectivity index (χ4v) is 4.99. The molecule has 3 aromatic rings. The number of thiophene rings is 1. The van der Waals surface area contributed by atoms with Gasteiger partial charge in [-0.15, -0.1) is 11.3 Å². The van der Waals surface area contributed by atoms with E-state index in [0.29, 0.717) is 18.1 Å². The molecule has 3 heterocycles. The molecule has 144 valence electrons. The van der Waals surface area contributed by atoms with Gasteiger partial charge in [-0.25, -0.2) is 9.78 Å². The van der Waals surface area contributed by atoms with Crippen LogP contribution in [0.3, 0.4) is 0 Å². The Bertz CT molecular complexity index is 943. The number of halogens is 1. The van der Waals surface area contributed by atoms with Crippen LogP contribution in [0.1, 0.15) is 23.1 Å². The topological polar surface area (TPSA) is 104 Å².